The predicted molar refractivity (Wildman–Crippen MR) is 48.8 cm³/mol. The van der Waals surface area contributed by atoms with Crippen LogP contribution < -0.4 is 0 Å². The van der Waals surface area contributed by atoms with E-state index in [0.29, 0.717) is 6.61 Å². The molecule has 0 N–H and O–H groups in total. The summed E-state index contributed by atoms with van der Waals surface area (Å²) < 4.78 is 5.85. The van der Waals surface area contributed by atoms with E-state index >= 15 is 0 Å². The van der Waals surface area contributed by atoms with Crippen LogP contribution in [0.5, 0.6) is 0 Å². The summed E-state index contributed by atoms with van der Waals surface area (Å²) in [5, 5.41) is 0. The monoisotopic (exact) mass is 174 g/mol. The zero-order valence-corrected chi connectivity index (χ0v) is 8.59. The summed E-state index contributed by atoms with van der Waals surface area (Å²) in [6.45, 7) is 9.35. The molecule has 0 atom stereocenters. The highest BCUT2D eigenvalue weighted by atomic mass is 16.5. The van der Waals surface area contributed by atoms with Gasteiger partial charge in [0, 0.05) is 6.92 Å². The van der Waals surface area contributed by atoms with E-state index in [4.69, 9.17) is 4.74 Å². The topological polar surface area (TPSA) is 26.3 Å². The van der Waals surface area contributed by atoms with Crippen LogP contribution in [0.1, 0.15) is 20.8 Å². The van der Waals surface area contributed by atoms with Gasteiger partial charge in [0.2, 0.25) is 0 Å². The van der Waals surface area contributed by atoms with Gasteiger partial charge in [-0.1, -0.05) is 0 Å². The first kappa shape index (κ1) is 11.4. The maximum absolute atomic E-state index is 10.5. The normalized spacial score (nSPS) is 11.3. The van der Waals surface area contributed by atoms with E-state index in [0.717, 1.165) is 24.1 Å². The zero-order valence-electron chi connectivity index (χ0n) is 8.59. The van der Waals surface area contributed by atoms with Gasteiger partial charge >= 0.3 is 5.97 Å². The molecule has 3 heteroatoms. The molecule has 0 amide bonds. The molecule has 0 aliphatic rings. The molecule has 72 valence electrons. The van der Waals surface area contributed by atoms with Crippen molar-refractivity contribution in [2.75, 3.05) is 33.3 Å². The van der Waals surface area contributed by atoms with Crippen LogP contribution >= 0.6 is 0 Å². The first-order valence-corrected chi connectivity index (χ1v) is 4.51. The number of rotatable bonds is 5. The highest BCUT2D eigenvalue weighted by molar-refractivity contribution is 5.65. The standard InChI is InChI=1S/C9H20NO2/c1-5-10(4,6-2)7-8-12-9(3)11/h5-8H2,1-4H3/q+1. The van der Waals surface area contributed by atoms with Crippen molar-refractivity contribution in [1.82, 2.24) is 0 Å². The summed E-state index contributed by atoms with van der Waals surface area (Å²) in [6.07, 6.45) is 0. The van der Waals surface area contributed by atoms with Crippen LogP contribution in [0.2, 0.25) is 0 Å². The zero-order chi connectivity index (χ0) is 9.61. The molecule has 0 radical (unpaired) electrons. The number of carbonyl (C=O) groups excluding carboxylic acids is 1. The first-order valence-electron chi connectivity index (χ1n) is 4.51. The van der Waals surface area contributed by atoms with Crippen molar-refractivity contribution in [3.63, 3.8) is 0 Å². The molecular formula is C9H20NO2+. The molecule has 0 aromatic carbocycles. The molecule has 3 nitrogen and oxygen atoms in total. The number of hydrogen-bond acceptors (Lipinski definition) is 2. The number of nitrogens with zero attached hydrogens (tertiary/aromatic N) is 1. The molecule has 0 aliphatic carbocycles. The van der Waals surface area contributed by atoms with Crippen LogP contribution in [0.15, 0.2) is 0 Å². The van der Waals surface area contributed by atoms with Crippen LogP contribution in [0.4, 0.5) is 0 Å². The average Bonchev–Trinajstić information content (AvgIpc) is 2.03. The maximum Gasteiger partial charge on any atom is 0.302 e. The van der Waals surface area contributed by atoms with E-state index in [9.17, 15) is 4.79 Å². The van der Waals surface area contributed by atoms with Gasteiger partial charge in [-0.15, -0.1) is 0 Å². The Morgan fingerprint density at radius 1 is 1.33 bits per heavy atom. The molecule has 0 rings (SSSR count). The lowest BCUT2D eigenvalue weighted by atomic mass is 10.4. The van der Waals surface area contributed by atoms with Crippen molar-refractivity contribution in [2.45, 2.75) is 20.8 Å². The van der Waals surface area contributed by atoms with E-state index in [2.05, 4.69) is 20.9 Å². The largest absolute Gasteiger partial charge is 0.460 e. The van der Waals surface area contributed by atoms with Gasteiger partial charge in [0.05, 0.1) is 20.1 Å². The van der Waals surface area contributed by atoms with Crippen LogP contribution in [0.25, 0.3) is 0 Å². The minimum Gasteiger partial charge on any atom is -0.460 e. The van der Waals surface area contributed by atoms with Gasteiger partial charge in [-0.3, -0.25) is 4.79 Å². The third-order valence-corrected chi connectivity index (χ3v) is 2.46. The molecule has 0 fully saturated rings. The molecule has 0 spiro atoms. The van der Waals surface area contributed by atoms with Crippen molar-refractivity contribution in [1.29, 1.82) is 0 Å². The summed E-state index contributed by atoms with van der Waals surface area (Å²) in [6, 6.07) is 0. The van der Waals surface area contributed by atoms with E-state index in [1.807, 2.05) is 0 Å². The molecule has 0 heterocycles. The second kappa shape index (κ2) is 5.14. The Bertz CT molecular complexity index is 141. The van der Waals surface area contributed by atoms with Gasteiger partial charge in [0.25, 0.3) is 0 Å². The van der Waals surface area contributed by atoms with Crippen molar-refractivity contribution < 1.29 is 14.0 Å². The number of esters is 1. The van der Waals surface area contributed by atoms with Crippen molar-refractivity contribution in [3.8, 4) is 0 Å². The Hall–Kier alpha value is -0.570. The number of ether oxygens (including phenoxy) is 1. The van der Waals surface area contributed by atoms with E-state index < -0.39 is 0 Å². The summed E-state index contributed by atoms with van der Waals surface area (Å²) in [7, 11) is 2.17. The molecule has 0 unspecified atom stereocenters. The molecule has 0 saturated carbocycles. The Labute approximate surface area is 74.9 Å². The number of quaternary nitrogens is 1. The SMILES string of the molecule is CC[N+](C)(CC)CCOC(C)=O. The van der Waals surface area contributed by atoms with Crippen molar-refractivity contribution >= 4 is 5.97 Å². The fourth-order valence-corrected chi connectivity index (χ4v) is 0.950. The van der Waals surface area contributed by atoms with Gasteiger partial charge in [-0.05, 0) is 13.8 Å². The van der Waals surface area contributed by atoms with E-state index in [-0.39, 0.29) is 5.97 Å². The van der Waals surface area contributed by atoms with E-state index in [1.165, 1.54) is 6.92 Å². The van der Waals surface area contributed by atoms with Crippen LogP contribution in [0, 0.1) is 0 Å². The Kier molecular flexibility index (Phi) is 4.90. The Balaban J connectivity index is 3.65. The van der Waals surface area contributed by atoms with Gasteiger partial charge in [-0.25, -0.2) is 0 Å². The van der Waals surface area contributed by atoms with E-state index in [1.54, 1.807) is 0 Å². The molecule has 0 aliphatic heterocycles. The molecule has 0 aromatic heterocycles. The summed E-state index contributed by atoms with van der Waals surface area (Å²) in [5.74, 6) is -0.186. The molecular weight excluding hydrogens is 154 g/mol. The second-order valence-corrected chi connectivity index (χ2v) is 3.32. The minimum atomic E-state index is -0.186. The summed E-state index contributed by atoms with van der Waals surface area (Å²) in [4.78, 5) is 10.5. The maximum atomic E-state index is 10.5. The Morgan fingerprint density at radius 3 is 2.17 bits per heavy atom. The fraction of sp³-hybridized carbons (Fsp3) is 0.889. The minimum absolute atomic E-state index is 0.186. The fourth-order valence-electron chi connectivity index (χ4n) is 0.950. The number of likely N-dealkylation sites (N-methyl/N-ethyl adjacent to an activating group) is 1. The van der Waals surface area contributed by atoms with Gasteiger partial charge in [0.15, 0.2) is 0 Å². The van der Waals surface area contributed by atoms with Crippen LogP contribution in [0.3, 0.4) is 0 Å². The lowest BCUT2D eigenvalue weighted by molar-refractivity contribution is -0.906. The van der Waals surface area contributed by atoms with Crippen LogP contribution in [-0.2, 0) is 9.53 Å². The lowest BCUT2D eigenvalue weighted by Gasteiger charge is -2.31. The molecule has 0 aromatic rings. The summed E-state index contributed by atoms with van der Waals surface area (Å²) in [5.41, 5.74) is 0. The third-order valence-electron chi connectivity index (χ3n) is 2.46. The molecule has 0 bridgehead atoms. The first-order chi connectivity index (χ1) is 5.54. The summed E-state index contributed by atoms with van der Waals surface area (Å²) >= 11 is 0. The third kappa shape index (κ3) is 4.34. The number of carbonyl (C=O) groups is 1. The van der Waals surface area contributed by atoms with Crippen molar-refractivity contribution in [2.24, 2.45) is 0 Å². The lowest BCUT2D eigenvalue weighted by Crippen LogP contribution is -2.46. The van der Waals surface area contributed by atoms with Gasteiger partial charge in [0.1, 0.15) is 13.2 Å². The Morgan fingerprint density at radius 2 is 1.83 bits per heavy atom. The van der Waals surface area contributed by atoms with Crippen LogP contribution in [-0.4, -0.2) is 43.7 Å². The highest BCUT2D eigenvalue weighted by Crippen LogP contribution is 1.99. The quantitative estimate of drug-likeness (QED) is 0.460. The van der Waals surface area contributed by atoms with Gasteiger partial charge < -0.3 is 9.22 Å². The number of hydrogen-bond donors (Lipinski definition) is 0. The second-order valence-electron chi connectivity index (χ2n) is 3.32. The average molecular weight is 174 g/mol. The van der Waals surface area contributed by atoms with Crippen molar-refractivity contribution in [3.05, 3.63) is 0 Å². The molecule has 12 heavy (non-hydrogen) atoms. The molecule has 0 saturated heterocycles. The predicted octanol–water partition coefficient (Wildman–Crippen LogP) is 1.04. The van der Waals surface area contributed by atoms with Gasteiger partial charge in [-0.2, -0.15) is 0 Å². The smallest absolute Gasteiger partial charge is 0.302 e. The highest BCUT2D eigenvalue weighted by Gasteiger charge is 2.15.